The molecule has 1 aromatic rings. The van der Waals surface area contributed by atoms with Gasteiger partial charge in [-0.25, -0.2) is 0 Å². The predicted octanol–water partition coefficient (Wildman–Crippen LogP) is 4.52. The van der Waals surface area contributed by atoms with Crippen molar-refractivity contribution in [1.29, 1.82) is 0 Å². The van der Waals surface area contributed by atoms with Crippen molar-refractivity contribution in [2.45, 2.75) is 32.2 Å². The zero-order valence-corrected chi connectivity index (χ0v) is 12.0. The summed E-state index contributed by atoms with van der Waals surface area (Å²) in [6.07, 6.45) is 5.76. The summed E-state index contributed by atoms with van der Waals surface area (Å²) in [7, 11) is 0. The summed E-state index contributed by atoms with van der Waals surface area (Å²) in [5.41, 5.74) is 1.03. The lowest BCUT2D eigenvalue weighted by atomic mass is 9.98. The summed E-state index contributed by atoms with van der Waals surface area (Å²) in [6.45, 7) is 1.91. The molecule has 2 fully saturated rings. The molecule has 0 unspecified atom stereocenters. The van der Waals surface area contributed by atoms with Gasteiger partial charge in [-0.2, -0.15) is 0 Å². The summed E-state index contributed by atoms with van der Waals surface area (Å²) in [6, 6.07) is 5.71. The van der Waals surface area contributed by atoms with Crippen LogP contribution >= 0.6 is 23.2 Å². The third kappa shape index (κ3) is 3.01. The smallest absolute Gasteiger partial charge is 0.0465 e. The molecule has 0 bridgehead atoms. The van der Waals surface area contributed by atoms with Crippen LogP contribution in [0.4, 0.5) is 0 Å². The minimum Gasteiger partial charge on any atom is -0.312 e. The van der Waals surface area contributed by atoms with Crippen molar-refractivity contribution in [3.63, 3.8) is 0 Å². The number of halogens is 2. The Morgan fingerprint density at radius 3 is 2.11 bits per heavy atom. The molecule has 0 saturated heterocycles. The van der Waals surface area contributed by atoms with Crippen LogP contribution in [-0.2, 0) is 6.54 Å². The van der Waals surface area contributed by atoms with Crippen molar-refractivity contribution >= 4 is 23.2 Å². The minimum atomic E-state index is 0.768. The first-order chi connectivity index (χ1) is 8.75. The van der Waals surface area contributed by atoms with Gasteiger partial charge in [0.25, 0.3) is 0 Å². The van der Waals surface area contributed by atoms with Crippen LogP contribution < -0.4 is 5.32 Å². The summed E-state index contributed by atoms with van der Waals surface area (Å²) in [5.74, 6) is 2.88. The van der Waals surface area contributed by atoms with Crippen molar-refractivity contribution < 1.29 is 0 Å². The van der Waals surface area contributed by atoms with Crippen LogP contribution in [-0.4, -0.2) is 6.54 Å². The predicted molar refractivity (Wildman–Crippen MR) is 77.1 cm³/mol. The molecule has 0 aromatic heterocycles. The van der Waals surface area contributed by atoms with Crippen LogP contribution in [0.25, 0.3) is 0 Å². The molecule has 98 valence electrons. The molecule has 0 amide bonds. The Bertz CT molecular complexity index is 392. The molecular formula is C15H19Cl2N. The molecule has 1 nitrogen and oxygen atoms in total. The monoisotopic (exact) mass is 283 g/mol. The van der Waals surface area contributed by atoms with Crippen molar-refractivity contribution in [3.8, 4) is 0 Å². The van der Waals surface area contributed by atoms with Gasteiger partial charge in [0.15, 0.2) is 0 Å². The Morgan fingerprint density at radius 2 is 1.61 bits per heavy atom. The van der Waals surface area contributed by atoms with Crippen LogP contribution in [0.1, 0.15) is 31.2 Å². The Labute approximate surface area is 119 Å². The van der Waals surface area contributed by atoms with E-state index in [-0.39, 0.29) is 0 Å². The second-order valence-corrected chi connectivity index (χ2v) is 6.48. The number of nitrogens with one attached hydrogen (secondary N) is 1. The Hall–Kier alpha value is -0.240. The van der Waals surface area contributed by atoms with E-state index in [1.807, 2.05) is 18.2 Å². The maximum Gasteiger partial charge on any atom is 0.0465 e. The number of rotatable bonds is 6. The molecule has 0 heterocycles. The van der Waals surface area contributed by atoms with E-state index in [4.69, 9.17) is 23.2 Å². The van der Waals surface area contributed by atoms with Gasteiger partial charge in [-0.15, -0.1) is 0 Å². The third-order valence-corrected chi connectivity index (χ3v) is 4.91. The van der Waals surface area contributed by atoms with Crippen molar-refractivity contribution in [1.82, 2.24) is 5.32 Å². The summed E-state index contributed by atoms with van der Waals surface area (Å²) < 4.78 is 0. The van der Waals surface area contributed by atoms with Crippen molar-refractivity contribution in [2.24, 2.45) is 17.8 Å². The molecule has 0 aliphatic heterocycles. The van der Waals surface area contributed by atoms with E-state index in [9.17, 15) is 0 Å². The average Bonchev–Trinajstić information content (AvgIpc) is 3.21. The molecule has 2 aliphatic rings. The highest BCUT2D eigenvalue weighted by Gasteiger charge is 2.40. The second kappa shape index (κ2) is 5.40. The van der Waals surface area contributed by atoms with E-state index in [0.29, 0.717) is 0 Å². The molecule has 1 N–H and O–H groups in total. The Morgan fingerprint density at radius 1 is 1.06 bits per heavy atom. The quantitative estimate of drug-likeness (QED) is 0.810. The molecule has 3 rings (SSSR count). The van der Waals surface area contributed by atoms with Crippen LogP contribution in [0, 0.1) is 17.8 Å². The Kier molecular flexibility index (Phi) is 3.83. The summed E-state index contributed by atoms with van der Waals surface area (Å²) in [5, 5.41) is 5.09. The summed E-state index contributed by atoms with van der Waals surface area (Å²) in [4.78, 5) is 0. The fraction of sp³-hybridized carbons (Fsp3) is 0.600. The van der Waals surface area contributed by atoms with E-state index in [2.05, 4.69) is 5.32 Å². The van der Waals surface area contributed by atoms with E-state index in [1.165, 1.54) is 25.7 Å². The van der Waals surface area contributed by atoms with E-state index in [1.54, 1.807) is 0 Å². The fourth-order valence-electron chi connectivity index (χ4n) is 2.83. The van der Waals surface area contributed by atoms with Gasteiger partial charge < -0.3 is 5.32 Å². The molecule has 1 aromatic carbocycles. The molecule has 0 radical (unpaired) electrons. The highest BCUT2D eigenvalue weighted by Crippen LogP contribution is 2.48. The number of hydrogen-bond acceptors (Lipinski definition) is 1. The first-order valence-electron chi connectivity index (χ1n) is 6.89. The third-order valence-electron chi connectivity index (χ3n) is 4.20. The molecule has 0 spiro atoms. The van der Waals surface area contributed by atoms with Crippen molar-refractivity contribution in [2.75, 3.05) is 6.54 Å². The first-order valence-corrected chi connectivity index (χ1v) is 7.65. The normalized spacial score (nSPS) is 19.5. The van der Waals surface area contributed by atoms with Gasteiger partial charge in [0.1, 0.15) is 0 Å². The van der Waals surface area contributed by atoms with Gasteiger partial charge in [-0.05, 0) is 62.1 Å². The first kappa shape index (κ1) is 12.8. The van der Waals surface area contributed by atoms with Gasteiger partial charge >= 0.3 is 0 Å². The lowest BCUT2D eigenvalue weighted by Crippen LogP contribution is -2.25. The standard InChI is InChI=1S/C15H19Cl2N/c16-14-2-1-3-15(17)13(14)9-18-8-12(10-4-5-10)11-6-7-11/h1-3,10-12,18H,4-9H2. The van der Waals surface area contributed by atoms with E-state index < -0.39 is 0 Å². The van der Waals surface area contributed by atoms with E-state index >= 15 is 0 Å². The molecular weight excluding hydrogens is 265 g/mol. The maximum atomic E-state index is 6.17. The van der Waals surface area contributed by atoms with Gasteiger partial charge in [0.2, 0.25) is 0 Å². The van der Waals surface area contributed by atoms with Gasteiger partial charge in [-0.3, -0.25) is 0 Å². The zero-order chi connectivity index (χ0) is 12.5. The minimum absolute atomic E-state index is 0.768. The SMILES string of the molecule is Clc1cccc(Cl)c1CNCC(C1CC1)C1CC1. The molecule has 3 heteroatoms. The highest BCUT2D eigenvalue weighted by molar-refractivity contribution is 6.35. The topological polar surface area (TPSA) is 12.0 Å². The number of benzene rings is 1. The van der Waals surface area contributed by atoms with Gasteiger partial charge in [0.05, 0.1) is 0 Å². The second-order valence-electron chi connectivity index (χ2n) is 5.67. The van der Waals surface area contributed by atoms with E-state index in [0.717, 1.165) is 46.5 Å². The van der Waals surface area contributed by atoms with Crippen LogP contribution in [0.15, 0.2) is 18.2 Å². The average molecular weight is 284 g/mol. The molecule has 2 aliphatic carbocycles. The molecule has 0 atom stereocenters. The lowest BCUT2D eigenvalue weighted by molar-refractivity contribution is 0.378. The zero-order valence-electron chi connectivity index (χ0n) is 10.5. The van der Waals surface area contributed by atoms with Gasteiger partial charge in [-0.1, -0.05) is 29.3 Å². The fourth-order valence-corrected chi connectivity index (χ4v) is 3.36. The maximum absolute atomic E-state index is 6.17. The van der Waals surface area contributed by atoms with Crippen LogP contribution in [0.5, 0.6) is 0 Å². The largest absolute Gasteiger partial charge is 0.312 e. The highest BCUT2D eigenvalue weighted by atomic mass is 35.5. The Balaban J connectivity index is 1.54. The molecule has 2 saturated carbocycles. The lowest BCUT2D eigenvalue weighted by Gasteiger charge is -2.17. The molecule has 18 heavy (non-hydrogen) atoms. The van der Waals surface area contributed by atoms with Gasteiger partial charge in [0, 0.05) is 22.2 Å². The number of hydrogen-bond donors (Lipinski definition) is 1. The van der Waals surface area contributed by atoms with Crippen LogP contribution in [0.2, 0.25) is 10.0 Å². The van der Waals surface area contributed by atoms with Crippen molar-refractivity contribution in [3.05, 3.63) is 33.8 Å². The summed E-state index contributed by atoms with van der Waals surface area (Å²) >= 11 is 12.3. The van der Waals surface area contributed by atoms with Crippen LogP contribution in [0.3, 0.4) is 0 Å².